The van der Waals surface area contributed by atoms with Crippen molar-refractivity contribution in [2.75, 3.05) is 11.4 Å². The zero-order valence-corrected chi connectivity index (χ0v) is 14.7. The summed E-state index contributed by atoms with van der Waals surface area (Å²) < 4.78 is 1.90. The Hall–Kier alpha value is -2.02. The van der Waals surface area contributed by atoms with Gasteiger partial charge in [-0.05, 0) is 6.92 Å². The Labute approximate surface area is 139 Å². The van der Waals surface area contributed by atoms with Gasteiger partial charge in [-0.25, -0.2) is 19.5 Å². The maximum Gasteiger partial charge on any atom is 0.214 e. The van der Waals surface area contributed by atoms with E-state index < -0.39 is 0 Å². The van der Waals surface area contributed by atoms with Crippen molar-refractivity contribution in [3.8, 4) is 0 Å². The molecular formula is C16H20N6S. The Morgan fingerprint density at radius 2 is 2.04 bits per heavy atom. The molecular weight excluding hydrogens is 308 g/mol. The van der Waals surface area contributed by atoms with Crippen molar-refractivity contribution >= 4 is 21.4 Å². The number of nitrogens with zero attached hydrogens (tertiary/aromatic N) is 6. The normalized spacial score (nSPS) is 15.2. The van der Waals surface area contributed by atoms with Crippen molar-refractivity contribution < 1.29 is 0 Å². The van der Waals surface area contributed by atoms with E-state index in [1.165, 1.54) is 11.3 Å². The maximum absolute atomic E-state index is 4.72. The van der Waals surface area contributed by atoms with Crippen molar-refractivity contribution in [2.45, 2.75) is 46.1 Å². The summed E-state index contributed by atoms with van der Waals surface area (Å²) in [5, 5.41) is 5.73. The second kappa shape index (κ2) is 4.99. The van der Waals surface area contributed by atoms with E-state index in [4.69, 9.17) is 10.1 Å². The fourth-order valence-electron chi connectivity index (χ4n) is 2.76. The number of fused-ring (bicyclic) bond motifs is 2. The van der Waals surface area contributed by atoms with Crippen LogP contribution in [0.2, 0.25) is 0 Å². The quantitative estimate of drug-likeness (QED) is 0.687. The summed E-state index contributed by atoms with van der Waals surface area (Å²) in [7, 11) is 0. The van der Waals surface area contributed by atoms with Gasteiger partial charge in [-0.3, -0.25) is 0 Å². The standard InChI is InChI=1S/C16H20N6S/c1-10-17-7-11-8-21(6-5-12(11)18-10)15-20-22-9-13(16(2,3)4)19-14(22)23-15/h7,9H,5-6,8H2,1-4H3. The number of aromatic nitrogens is 5. The summed E-state index contributed by atoms with van der Waals surface area (Å²) in [6, 6.07) is 0. The fourth-order valence-corrected chi connectivity index (χ4v) is 3.67. The molecule has 0 saturated heterocycles. The Morgan fingerprint density at radius 1 is 1.22 bits per heavy atom. The molecule has 0 atom stereocenters. The number of hydrogen-bond donors (Lipinski definition) is 0. The molecule has 0 aromatic carbocycles. The van der Waals surface area contributed by atoms with Crippen LogP contribution in [0.15, 0.2) is 12.4 Å². The summed E-state index contributed by atoms with van der Waals surface area (Å²) in [4.78, 5) is 16.8. The van der Waals surface area contributed by atoms with Crippen LogP contribution >= 0.6 is 11.3 Å². The van der Waals surface area contributed by atoms with Crippen LogP contribution in [0.25, 0.3) is 4.96 Å². The summed E-state index contributed by atoms with van der Waals surface area (Å²) in [6.07, 6.45) is 4.92. The van der Waals surface area contributed by atoms with Gasteiger partial charge in [0.2, 0.25) is 10.1 Å². The van der Waals surface area contributed by atoms with Gasteiger partial charge in [0.15, 0.2) is 0 Å². The zero-order valence-electron chi connectivity index (χ0n) is 13.9. The molecule has 120 valence electrons. The van der Waals surface area contributed by atoms with Crippen LogP contribution in [-0.2, 0) is 18.4 Å². The molecule has 6 nitrogen and oxygen atoms in total. The molecule has 0 fully saturated rings. The number of rotatable bonds is 1. The van der Waals surface area contributed by atoms with Gasteiger partial charge in [-0.1, -0.05) is 32.1 Å². The molecule has 3 aromatic rings. The molecule has 0 amide bonds. The van der Waals surface area contributed by atoms with Gasteiger partial charge in [0.25, 0.3) is 0 Å². The second-order valence-corrected chi connectivity index (χ2v) is 7.98. The van der Waals surface area contributed by atoms with Gasteiger partial charge in [-0.2, -0.15) is 0 Å². The van der Waals surface area contributed by atoms with E-state index in [0.29, 0.717) is 0 Å². The topological polar surface area (TPSA) is 59.2 Å². The van der Waals surface area contributed by atoms with E-state index in [0.717, 1.165) is 41.1 Å². The minimum absolute atomic E-state index is 0.0485. The average Bonchev–Trinajstić information content (AvgIpc) is 3.04. The van der Waals surface area contributed by atoms with E-state index in [1.807, 2.05) is 23.8 Å². The molecule has 7 heteroatoms. The zero-order chi connectivity index (χ0) is 16.2. The van der Waals surface area contributed by atoms with E-state index in [1.54, 1.807) is 11.3 Å². The maximum atomic E-state index is 4.72. The lowest BCUT2D eigenvalue weighted by molar-refractivity contribution is 0.572. The number of hydrogen-bond acceptors (Lipinski definition) is 6. The van der Waals surface area contributed by atoms with Crippen LogP contribution in [0.3, 0.4) is 0 Å². The Bertz CT molecular complexity index is 841. The first-order valence-electron chi connectivity index (χ1n) is 7.83. The van der Waals surface area contributed by atoms with Crippen LogP contribution in [0.5, 0.6) is 0 Å². The predicted octanol–water partition coefficient (Wildman–Crippen LogP) is 2.75. The van der Waals surface area contributed by atoms with Gasteiger partial charge in [-0.15, -0.1) is 5.10 Å². The van der Waals surface area contributed by atoms with Crippen molar-refractivity contribution in [3.63, 3.8) is 0 Å². The minimum atomic E-state index is 0.0485. The summed E-state index contributed by atoms with van der Waals surface area (Å²) in [5.41, 5.74) is 3.50. The first-order valence-corrected chi connectivity index (χ1v) is 8.65. The lowest BCUT2D eigenvalue weighted by atomic mass is 9.93. The predicted molar refractivity (Wildman–Crippen MR) is 91.1 cm³/mol. The van der Waals surface area contributed by atoms with Gasteiger partial charge < -0.3 is 4.90 Å². The molecule has 0 unspecified atom stereocenters. The minimum Gasteiger partial charge on any atom is -0.342 e. The molecule has 0 radical (unpaired) electrons. The van der Waals surface area contributed by atoms with Crippen LogP contribution < -0.4 is 4.90 Å². The highest BCUT2D eigenvalue weighted by atomic mass is 32.1. The number of imidazole rings is 1. The molecule has 23 heavy (non-hydrogen) atoms. The largest absolute Gasteiger partial charge is 0.342 e. The highest BCUT2D eigenvalue weighted by molar-refractivity contribution is 7.20. The lowest BCUT2D eigenvalue weighted by Crippen LogP contribution is -2.31. The number of aryl methyl sites for hydroxylation is 1. The van der Waals surface area contributed by atoms with Crippen LogP contribution in [-0.4, -0.2) is 31.1 Å². The smallest absolute Gasteiger partial charge is 0.214 e. The Balaban J connectivity index is 1.63. The summed E-state index contributed by atoms with van der Waals surface area (Å²) in [6.45, 7) is 10.2. The second-order valence-electron chi connectivity index (χ2n) is 7.05. The van der Waals surface area contributed by atoms with Crippen molar-refractivity contribution in [2.24, 2.45) is 0 Å². The lowest BCUT2D eigenvalue weighted by Gasteiger charge is -2.27. The van der Waals surface area contributed by atoms with Gasteiger partial charge in [0.1, 0.15) is 5.82 Å². The summed E-state index contributed by atoms with van der Waals surface area (Å²) in [5.74, 6) is 0.847. The Kier molecular flexibility index (Phi) is 3.16. The van der Waals surface area contributed by atoms with E-state index in [2.05, 4.69) is 35.6 Å². The molecule has 0 spiro atoms. The van der Waals surface area contributed by atoms with Crippen LogP contribution in [0.4, 0.5) is 5.13 Å². The summed E-state index contributed by atoms with van der Waals surface area (Å²) >= 11 is 1.64. The van der Waals surface area contributed by atoms with Crippen molar-refractivity contribution in [1.82, 2.24) is 24.6 Å². The third-order valence-electron chi connectivity index (χ3n) is 4.13. The third kappa shape index (κ3) is 2.59. The first-order chi connectivity index (χ1) is 10.9. The molecule has 4 heterocycles. The van der Waals surface area contributed by atoms with E-state index >= 15 is 0 Å². The molecule has 1 aliphatic heterocycles. The van der Waals surface area contributed by atoms with E-state index in [-0.39, 0.29) is 5.41 Å². The van der Waals surface area contributed by atoms with E-state index in [9.17, 15) is 0 Å². The molecule has 0 saturated carbocycles. The van der Waals surface area contributed by atoms with Crippen LogP contribution in [0, 0.1) is 6.92 Å². The van der Waals surface area contributed by atoms with Crippen molar-refractivity contribution in [1.29, 1.82) is 0 Å². The highest BCUT2D eigenvalue weighted by Crippen LogP contribution is 2.30. The number of anilines is 1. The monoisotopic (exact) mass is 328 g/mol. The highest BCUT2D eigenvalue weighted by Gasteiger charge is 2.23. The van der Waals surface area contributed by atoms with Crippen LogP contribution in [0.1, 0.15) is 43.5 Å². The molecule has 0 aliphatic carbocycles. The van der Waals surface area contributed by atoms with Gasteiger partial charge in [0.05, 0.1) is 17.6 Å². The molecule has 0 N–H and O–H groups in total. The van der Waals surface area contributed by atoms with Gasteiger partial charge >= 0.3 is 0 Å². The fraction of sp³-hybridized carbons (Fsp3) is 0.500. The third-order valence-corrected chi connectivity index (χ3v) is 5.11. The average molecular weight is 328 g/mol. The molecule has 3 aromatic heterocycles. The van der Waals surface area contributed by atoms with Gasteiger partial charge in [0, 0.05) is 36.7 Å². The molecule has 0 bridgehead atoms. The SMILES string of the molecule is Cc1ncc2c(n1)CCN(c1nn3cc(C(C)(C)C)nc3s1)C2. The Morgan fingerprint density at radius 3 is 2.78 bits per heavy atom. The molecule has 4 rings (SSSR count). The first kappa shape index (κ1) is 14.6. The molecule has 1 aliphatic rings. The van der Waals surface area contributed by atoms with Crippen molar-refractivity contribution in [3.05, 3.63) is 35.2 Å².